The third-order valence-electron chi connectivity index (χ3n) is 8.44. The number of allylic oxidation sites excluding steroid dienone is 1. The number of hydrogen-bond donors (Lipinski definition) is 1. The second-order valence-electron chi connectivity index (χ2n) is 10.7. The largest absolute Gasteiger partial charge is 0.455 e. The Morgan fingerprint density at radius 2 is 1.97 bits per heavy atom. The third kappa shape index (κ3) is 3.12. The Hall–Kier alpha value is -1.46. The molecule has 5 heteroatoms. The molecule has 2 aliphatic carbocycles. The third-order valence-corrected chi connectivity index (χ3v) is 8.44. The summed E-state index contributed by atoms with van der Waals surface area (Å²) in [5.74, 6) is -0.139. The van der Waals surface area contributed by atoms with E-state index in [0.717, 1.165) is 24.0 Å². The maximum atomic E-state index is 13.9. The van der Waals surface area contributed by atoms with Crippen molar-refractivity contribution < 1.29 is 24.2 Å². The summed E-state index contributed by atoms with van der Waals surface area (Å²) in [5.41, 5.74) is -0.0165. The van der Waals surface area contributed by atoms with E-state index in [2.05, 4.69) is 13.8 Å². The molecule has 1 unspecified atom stereocenters. The van der Waals surface area contributed by atoms with Crippen molar-refractivity contribution in [1.29, 1.82) is 0 Å². The maximum absolute atomic E-state index is 13.9. The van der Waals surface area contributed by atoms with Crippen molar-refractivity contribution in [1.82, 2.24) is 0 Å². The Kier molecular flexibility index (Phi) is 5.30. The van der Waals surface area contributed by atoms with Crippen molar-refractivity contribution in [2.75, 3.05) is 0 Å². The van der Waals surface area contributed by atoms with Gasteiger partial charge in [-0.1, -0.05) is 25.5 Å². The number of Topliss-reactive ketones (excluding diaryl/α,β-unsaturated/α-hetero) is 1. The molecule has 30 heavy (non-hydrogen) atoms. The number of carbonyl (C=O) groups excluding carboxylic acids is 2. The van der Waals surface area contributed by atoms with Crippen LogP contribution in [0.5, 0.6) is 0 Å². The van der Waals surface area contributed by atoms with Crippen LogP contribution in [-0.2, 0) is 19.1 Å². The van der Waals surface area contributed by atoms with Gasteiger partial charge in [-0.15, -0.1) is 0 Å². The van der Waals surface area contributed by atoms with Gasteiger partial charge in [0.2, 0.25) is 0 Å². The minimum absolute atomic E-state index is 0.00425. The summed E-state index contributed by atoms with van der Waals surface area (Å²) in [6, 6.07) is 0. The molecule has 0 aromatic carbocycles. The quantitative estimate of drug-likeness (QED) is 0.554. The lowest BCUT2D eigenvalue weighted by Gasteiger charge is -2.49. The molecule has 0 aromatic rings. The molecule has 1 N–H and O–H groups in total. The minimum atomic E-state index is -1.20. The number of hydrogen-bond acceptors (Lipinski definition) is 5. The SMILES string of the molecule is CC(C)=C[C@H]1O[C@@](C)(CCC2OC(=O)C=C2C)[C@@H]2C(=O)[C@H]3[C@@H](CC[C@@H]3C)[C@H](C)[C@@]21O. The molecule has 4 aliphatic rings. The highest BCUT2D eigenvalue weighted by Crippen LogP contribution is 2.61. The second kappa shape index (κ2) is 7.30. The van der Waals surface area contributed by atoms with Gasteiger partial charge in [0.05, 0.1) is 11.5 Å². The number of rotatable bonds is 4. The first-order chi connectivity index (χ1) is 14.0. The molecular weight excluding hydrogens is 380 g/mol. The van der Waals surface area contributed by atoms with E-state index in [1.807, 2.05) is 33.8 Å². The van der Waals surface area contributed by atoms with E-state index >= 15 is 0 Å². The second-order valence-corrected chi connectivity index (χ2v) is 10.7. The van der Waals surface area contributed by atoms with Gasteiger partial charge in [-0.25, -0.2) is 4.79 Å². The van der Waals surface area contributed by atoms with Gasteiger partial charge in [0.1, 0.15) is 23.6 Å². The summed E-state index contributed by atoms with van der Waals surface area (Å²) in [7, 11) is 0. The van der Waals surface area contributed by atoms with Crippen molar-refractivity contribution >= 4 is 11.8 Å². The Bertz CT molecular complexity index is 808. The van der Waals surface area contributed by atoms with Crippen LogP contribution in [0.3, 0.4) is 0 Å². The summed E-state index contributed by atoms with van der Waals surface area (Å²) in [6.45, 7) is 12.2. The maximum Gasteiger partial charge on any atom is 0.331 e. The Morgan fingerprint density at radius 3 is 2.57 bits per heavy atom. The molecular formula is C25H36O5. The van der Waals surface area contributed by atoms with Crippen LogP contribution in [0, 0.1) is 29.6 Å². The Labute approximate surface area is 179 Å². The van der Waals surface area contributed by atoms with E-state index in [4.69, 9.17) is 9.47 Å². The van der Waals surface area contributed by atoms with Gasteiger partial charge in [-0.2, -0.15) is 0 Å². The highest BCUT2D eigenvalue weighted by Gasteiger charge is 2.71. The average Bonchev–Trinajstić information content (AvgIpc) is 3.25. The molecule has 2 saturated carbocycles. The first kappa shape index (κ1) is 21.8. The number of fused-ring (bicyclic) bond motifs is 2. The van der Waals surface area contributed by atoms with Gasteiger partial charge in [0.15, 0.2) is 0 Å². The number of carbonyl (C=O) groups is 2. The Morgan fingerprint density at radius 1 is 1.27 bits per heavy atom. The van der Waals surface area contributed by atoms with E-state index in [9.17, 15) is 14.7 Å². The average molecular weight is 417 g/mol. The topological polar surface area (TPSA) is 72.8 Å². The molecule has 0 bridgehead atoms. The van der Waals surface area contributed by atoms with Crippen LogP contribution < -0.4 is 0 Å². The summed E-state index contributed by atoms with van der Waals surface area (Å²) in [4.78, 5) is 25.5. The van der Waals surface area contributed by atoms with Gasteiger partial charge >= 0.3 is 5.97 Å². The lowest BCUT2D eigenvalue weighted by atomic mass is 9.55. The number of ether oxygens (including phenoxy) is 2. The lowest BCUT2D eigenvalue weighted by molar-refractivity contribution is -0.161. The molecule has 0 amide bonds. The molecule has 2 heterocycles. The van der Waals surface area contributed by atoms with Crippen molar-refractivity contribution in [3.05, 3.63) is 23.3 Å². The Balaban J connectivity index is 1.69. The van der Waals surface area contributed by atoms with Crippen molar-refractivity contribution in [3.63, 3.8) is 0 Å². The summed E-state index contributed by atoms with van der Waals surface area (Å²) >= 11 is 0. The highest BCUT2D eigenvalue weighted by atomic mass is 16.6. The molecule has 4 rings (SSSR count). The van der Waals surface area contributed by atoms with Gasteiger partial charge < -0.3 is 14.6 Å². The van der Waals surface area contributed by atoms with Crippen LogP contribution in [-0.4, -0.2) is 40.3 Å². The van der Waals surface area contributed by atoms with Crippen molar-refractivity contribution in [2.45, 2.75) is 90.6 Å². The number of ketones is 1. The minimum Gasteiger partial charge on any atom is -0.455 e. The van der Waals surface area contributed by atoms with E-state index in [0.29, 0.717) is 18.8 Å². The zero-order valence-electron chi connectivity index (χ0n) is 19.1. The fourth-order valence-electron chi connectivity index (χ4n) is 6.90. The fraction of sp³-hybridized carbons (Fsp3) is 0.760. The monoisotopic (exact) mass is 416 g/mol. The molecule has 1 saturated heterocycles. The molecule has 166 valence electrons. The molecule has 5 nitrogen and oxygen atoms in total. The van der Waals surface area contributed by atoms with Crippen LogP contribution in [0.4, 0.5) is 0 Å². The lowest BCUT2D eigenvalue weighted by Crippen LogP contribution is -2.62. The normalized spacial score (nSPS) is 47.6. The predicted molar refractivity (Wildman–Crippen MR) is 114 cm³/mol. The van der Waals surface area contributed by atoms with Crippen LogP contribution in [0.15, 0.2) is 23.3 Å². The number of cyclic esters (lactones) is 1. The molecule has 0 aromatic heterocycles. The highest BCUT2D eigenvalue weighted by molar-refractivity contribution is 5.88. The van der Waals surface area contributed by atoms with Crippen LogP contribution in [0.1, 0.15) is 67.2 Å². The fourth-order valence-corrected chi connectivity index (χ4v) is 6.90. The predicted octanol–water partition coefficient (Wildman–Crippen LogP) is 3.99. The van der Waals surface area contributed by atoms with E-state index in [-0.39, 0.29) is 35.6 Å². The smallest absolute Gasteiger partial charge is 0.331 e. The molecule has 0 radical (unpaired) electrons. The van der Waals surface area contributed by atoms with E-state index < -0.39 is 23.2 Å². The van der Waals surface area contributed by atoms with Gasteiger partial charge in [-0.3, -0.25) is 4.79 Å². The van der Waals surface area contributed by atoms with Crippen LogP contribution in [0.25, 0.3) is 0 Å². The zero-order valence-corrected chi connectivity index (χ0v) is 19.1. The van der Waals surface area contributed by atoms with Gasteiger partial charge in [0, 0.05) is 12.0 Å². The van der Waals surface area contributed by atoms with Crippen molar-refractivity contribution in [2.24, 2.45) is 29.6 Å². The summed E-state index contributed by atoms with van der Waals surface area (Å²) in [5, 5.41) is 12.1. The van der Waals surface area contributed by atoms with E-state index in [1.54, 1.807) is 0 Å². The molecule has 3 fully saturated rings. The standard InChI is InChI=1S/C25H36O5/c1-13(2)11-19-25(28)16(5)17-8-7-14(3)21(17)22(27)23(25)24(6,30-19)10-9-18-15(4)12-20(26)29-18/h11-12,14,16-19,21,23,28H,7-10H2,1-6H3/t14-,16-,17-,18?,19+,21+,23-,24-,25-/m0/s1. The first-order valence-corrected chi connectivity index (χ1v) is 11.5. The van der Waals surface area contributed by atoms with Crippen molar-refractivity contribution in [3.8, 4) is 0 Å². The molecule has 0 spiro atoms. The van der Waals surface area contributed by atoms with Crippen LogP contribution >= 0.6 is 0 Å². The number of esters is 1. The van der Waals surface area contributed by atoms with E-state index in [1.165, 1.54) is 6.08 Å². The van der Waals surface area contributed by atoms with Crippen LogP contribution in [0.2, 0.25) is 0 Å². The first-order valence-electron chi connectivity index (χ1n) is 11.5. The summed E-state index contributed by atoms with van der Waals surface area (Å²) in [6.07, 6.45) is 5.92. The zero-order chi connectivity index (χ0) is 22.0. The summed E-state index contributed by atoms with van der Waals surface area (Å²) < 4.78 is 12.0. The molecule has 9 atom stereocenters. The van der Waals surface area contributed by atoms with Gasteiger partial charge in [0.25, 0.3) is 0 Å². The number of aliphatic hydroxyl groups is 1. The molecule has 2 aliphatic heterocycles. The van der Waals surface area contributed by atoms with Gasteiger partial charge in [-0.05, 0) is 76.7 Å².